The number of hydrogen-bond donors (Lipinski definition) is 1. The van der Waals surface area contributed by atoms with Crippen molar-refractivity contribution >= 4 is 17.7 Å². The predicted octanol–water partition coefficient (Wildman–Crippen LogP) is 2.19. The highest BCUT2D eigenvalue weighted by Gasteiger charge is 2.19. The Hall–Kier alpha value is -0.180. The highest BCUT2D eigenvalue weighted by molar-refractivity contribution is 7.99. The van der Waals surface area contributed by atoms with Gasteiger partial charge in [0.05, 0.1) is 0 Å². The molecule has 0 aromatic carbocycles. The minimum Gasteiger partial charge on any atom is -0.353 e. The Bertz CT molecular complexity index is 164. The van der Waals surface area contributed by atoms with Crippen LogP contribution in [0.25, 0.3) is 0 Å². The molecule has 1 amide bonds. The van der Waals surface area contributed by atoms with Crippen molar-refractivity contribution in [3.63, 3.8) is 0 Å². The highest BCUT2D eigenvalue weighted by Crippen LogP contribution is 2.24. The lowest BCUT2D eigenvalue weighted by Crippen LogP contribution is -2.39. The number of hydrogen-bond acceptors (Lipinski definition) is 2. The van der Waals surface area contributed by atoms with E-state index < -0.39 is 0 Å². The van der Waals surface area contributed by atoms with E-state index in [4.69, 9.17) is 0 Å². The van der Waals surface area contributed by atoms with Crippen LogP contribution in [0.5, 0.6) is 0 Å². The van der Waals surface area contributed by atoms with Gasteiger partial charge in [0, 0.05) is 23.5 Å². The summed E-state index contributed by atoms with van der Waals surface area (Å²) in [5.41, 5.74) is 0. The van der Waals surface area contributed by atoms with Crippen molar-refractivity contribution in [3.8, 4) is 0 Å². The van der Waals surface area contributed by atoms with Crippen molar-refractivity contribution in [1.82, 2.24) is 5.32 Å². The first-order chi connectivity index (χ1) is 6.22. The Morgan fingerprint density at radius 1 is 1.54 bits per heavy atom. The van der Waals surface area contributed by atoms with E-state index in [1.165, 1.54) is 6.42 Å². The smallest absolute Gasteiger partial charge is 0.220 e. The molecule has 1 heterocycles. The fourth-order valence-corrected chi connectivity index (χ4v) is 2.64. The average molecular weight is 201 g/mol. The molecule has 2 nitrogen and oxygen atoms in total. The summed E-state index contributed by atoms with van der Waals surface area (Å²) in [6.07, 6.45) is 4.02. The zero-order valence-corrected chi connectivity index (χ0v) is 9.32. The monoisotopic (exact) mass is 201 g/mol. The average Bonchev–Trinajstić information content (AvgIpc) is 2.09. The van der Waals surface area contributed by atoms with Gasteiger partial charge < -0.3 is 5.32 Å². The van der Waals surface area contributed by atoms with Gasteiger partial charge in [-0.3, -0.25) is 4.79 Å². The molecule has 1 fully saturated rings. The molecule has 0 aromatic rings. The Morgan fingerprint density at radius 2 is 2.31 bits per heavy atom. The van der Waals surface area contributed by atoms with Crippen molar-refractivity contribution < 1.29 is 4.79 Å². The number of nitrogens with one attached hydrogen (secondary N) is 1. The van der Waals surface area contributed by atoms with E-state index in [-0.39, 0.29) is 5.91 Å². The molecular weight excluding hydrogens is 182 g/mol. The summed E-state index contributed by atoms with van der Waals surface area (Å²) in [4.78, 5) is 11.3. The van der Waals surface area contributed by atoms with Gasteiger partial charge in [-0.15, -0.1) is 0 Å². The van der Waals surface area contributed by atoms with Crippen molar-refractivity contribution in [2.45, 2.75) is 50.8 Å². The summed E-state index contributed by atoms with van der Waals surface area (Å²) in [7, 11) is 0. The third kappa shape index (κ3) is 4.03. The largest absolute Gasteiger partial charge is 0.353 e. The summed E-state index contributed by atoms with van der Waals surface area (Å²) in [6, 6.07) is 0.431. The molecule has 0 bridgehead atoms. The van der Waals surface area contributed by atoms with Crippen LogP contribution in [-0.2, 0) is 4.79 Å². The molecule has 13 heavy (non-hydrogen) atoms. The second-order valence-electron chi connectivity index (χ2n) is 3.74. The third-order valence-electron chi connectivity index (χ3n) is 2.35. The molecule has 1 aliphatic rings. The minimum absolute atomic E-state index is 0.225. The van der Waals surface area contributed by atoms with Gasteiger partial charge >= 0.3 is 0 Å². The molecule has 0 saturated carbocycles. The molecule has 76 valence electrons. The topological polar surface area (TPSA) is 29.1 Å². The summed E-state index contributed by atoms with van der Waals surface area (Å²) < 4.78 is 0. The van der Waals surface area contributed by atoms with Gasteiger partial charge in [0.15, 0.2) is 0 Å². The van der Waals surface area contributed by atoms with Crippen molar-refractivity contribution in [1.29, 1.82) is 0 Å². The van der Waals surface area contributed by atoms with Crippen LogP contribution >= 0.6 is 11.8 Å². The molecule has 1 aliphatic heterocycles. The molecule has 2 unspecified atom stereocenters. The van der Waals surface area contributed by atoms with Gasteiger partial charge in [0.1, 0.15) is 0 Å². The molecule has 0 radical (unpaired) electrons. The fourth-order valence-electron chi connectivity index (χ4n) is 1.52. The molecule has 0 aliphatic carbocycles. The van der Waals surface area contributed by atoms with Crippen molar-refractivity contribution in [2.75, 3.05) is 5.75 Å². The Labute approximate surface area is 84.9 Å². The van der Waals surface area contributed by atoms with E-state index in [0.29, 0.717) is 12.5 Å². The van der Waals surface area contributed by atoms with Crippen LogP contribution in [0, 0.1) is 0 Å². The van der Waals surface area contributed by atoms with E-state index in [1.807, 2.05) is 18.7 Å². The van der Waals surface area contributed by atoms with Gasteiger partial charge in [0.2, 0.25) is 5.91 Å². The van der Waals surface area contributed by atoms with Gasteiger partial charge in [-0.2, -0.15) is 11.8 Å². The maximum atomic E-state index is 11.3. The normalized spacial score (nSPS) is 28.5. The zero-order valence-electron chi connectivity index (χ0n) is 8.51. The second-order valence-corrected chi connectivity index (χ2v) is 5.21. The molecule has 3 heteroatoms. The van der Waals surface area contributed by atoms with E-state index >= 15 is 0 Å². The number of thioether (sulfide) groups is 1. The van der Waals surface area contributed by atoms with Gasteiger partial charge in [-0.25, -0.2) is 0 Å². The first kappa shape index (κ1) is 10.9. The first-order valence-corrected chi connectivity index (χ1v) is 6.18. The molecule has 1 saturated heterocycles. The zero-order chi connectivity index (χ0) is 9.68. The van der Waals surface area contributed by atoms with E-state index in [0.717, 1.165) is 23.8 Å². The Morgan fingerprint density at radius 3 is 2.85 bits per heavy atom. The van der Waals surface area contributed by atoms with Gasteiger partial charge in [-0.1, -0.05) is 13.8 Å². The lowest BCUT2D eigenvalue weighted by Gasteiger charge is -2.26. The standard InChI is InChI=1S/C10H19NOS/c1-3-4-10(12)11-9-6-5-8(2)13-7-9/h8-9H,3-7H2,1-2H3,(H,11,12). The van der Waals surface area contributed by atoms with Crippen LogP contribution < -0.4 is 5.32 Å². The predicted molar refractivity (Wildman–Crippen MR) is 58.0 cm³/mol. The maximum Gasteiger partial charge on any atom is 0.220 e. The number of rotatable bonds is 3. The van der Waals surface area contributed by atoms with Gasteiger partial charge in [0.25, 0.3) is 0 Å². The fraction of sp³-hybridized carbons (Fsp3) is 0.900. The van der Waals surface area contributed by atoms with Crippen LogP contribution in [0.4, 0.5) is 0 Å². The molecule has 0 spiro atoms. The molecule has 2 atom stereocenters. The Balaban J connectivity index is 2.18. The Kier molecular flexibility index (Phi) is 4.64. The lowest BCUT2D eigenvalue weighted by molar-refractivity contribution is -0.121. The number of amides is 1. The summed E-state index contributed by atoms with van der Waals surface area (Å²) in [5.74, 6) is 1.32. The van der Waals surface area contributed by atoms with Crippen molar-refractivity contribution in [3.05, 3.63) is 0 Å². The van der Waals surface area contributed by atoms with E-state index in [9.17, 15) is 4.79 Å². The number of carbonyl (C=O) groups is 1. The second kappa shape index (κ2) is 5.53. The van der Waals surface area contributed by atoms with Crippen LogP contribution in [0.3, 0.4) is 0 Å². The SMILES string of the molecule is CCCC(=O)NC1CCC(C)SC1. The third-order valence-corrected chi connectivity index (χ3v) is 3.75. The van der Waals surface area contributed by atoms with E-state index in [2.05, 4.69) is 12.2 Å². The van der Waals surface area contributed by atoms with Crippen LogP contribution in [-0.4, -0.2) is 23.0 Å². The number of carbonyl (C=O) groups excluding carboxylic acids is 1. The molecule has 1 rings (SSSR count). The van der Waals surface area contributed by atoms with Gasteiger partial charge in [-0.05, 0) is 19.3 Å². The molecule has 1 N–H and O–H groups in total. The summed E-state index contributed by atoms with van der Waals surface area (Å²) in [5, 5.41) is 3.86. The van der Waals surface area contributed by atoms with Crippen LogP contribution in [0.1, 0.15) is 39.5 Å². The van der Waals surface area contributed by atoms with Crippen molar-refractivity contribution in [2.24, 2.45) is 0 Å². The minimum atomic E-state index is 0.225. The maximum absolute atomic E-state index is 11.3. The van der Waals surface area contributed by atoms with E-state index in [1.54, 1.807) is 0 Å². The highest BCUT2D eigenvalue weighted by atomic mass is 32.2. The first-order valence-electron chi connectivity index (χ1n) is 5.13. The lowest BCUT2D eigenvalue weighted by atomic mass is 10.1. The quantitative estimate of drug-likeness (QED) is 0.758. The molecule has 0 aromatic heterocycles. The summed E-state index contributed by atoms with van der Waals surface area (Å²) in [6.45, 7) is 4.30. The molecular formula is C10H19NOS. The summed E-state index contributed by atoms with van der Waals surface area (Å²) >= 11 is 1.97. The van der Waals surface area contributed by atoms with Crippen LogP contribution in [0.15, 0.2) is 0 Å². The van der Waals surface area contributed by atoms with Crippen LogP contribution in [0.2, 0.25) is 0 Å².